The number of nitrogens with one attached hydrogen (secondary N) is 1. The normalized spacial score (nSPS) is 14.6. The highest BCUT2D eigenvalue weighted by Crippen LogP contribution is 2.07. The van der Waals surface area contributed by atoms with E-state index in [2.05, 4.69) is 5.32 Å². The Morgan fingerprint density at radius 3 is 1.26 bits per heavy atom. The zero-order valence-corrected chi connectivity index (χ0v) is 24.4. The van der Waals surface area contributed by atoms with E-state index in [1.807, 2.05) is 20.8 Å². The minimum absolute atomic E-state index is 0.0769. The second kappa shape index (κ2) is 26.0. The summed E-state index contributed by atoms with van der Waals surface area (Å²) in [6.45, 7) is 15.5. The average molecular weight is 568 g/mol. The summed E-state index contributed by atoms with van der Waals surface area (Å²) in [5.74, 6) is -0.382. The Bertz CT molecular complexity index is 542. The first-order valence-electron chi connectivity index (χ1n) is 14.1. The summed E-state index contributed by atoms with van der Waals surface area (Å²) < 4.78 is 54.3. The van der Waals surface area contributed by atoms with Gasteiger partial charge in [0.2, 0.25) is 0 Å². The first-order valence-corrected chi connectivity index (χ1v) is 14.1. The molecule has 1 rings (SSSR count). The van der Waals surface area contributed by atoms with Crippen molar-refractivity contribution in [2.75, 3.05) is 125 Å². The van der Waals surface area contributed by atoms with Gasteiger partial charge in [-0.1, -0.05) is 0 Å². The molecule has 0 unspecified atom stereocenters. The number of carbonyl (C=O) groups excluding carboxylic acids is 1. The van der Waals surface area contributed by atoms with Crippen LogP contribution in [-0.2, 0) is 52.2 Å². The SMILES string of the molecule is CC(C)(C)OC(=O)COCCOCCOCCOCCOCCOCCOCCOCCOC1CCNCC1. The number of esters is 1. The monoisotopic (exact) mass is 567 g/mol. The van der Waals surface area contributed by atoms with Gasteiger partial charge in [-0.2, -0.15) is 0 Å². The third kappa shape index (κ3) is 27.0. The first-order chi connectivity index (χ1) is 19.0. The van der Waals surface area contributed by atoms with Crippen LogP contribution in [0, 0.1) is 0 Å². The standard InChI is InChI=1S/C27H53NO11/c1-27(2,3)39-26(29)24-37-21-20-35-17-16-33-13-12-31-9-8-30-10-11-32-14-15-34-18-19-36-22-23-38-25-4-6-28-7-5-25/h25,28H,4-24H2,1-3H3. The third-order valence-corrected chi connectivity index (χ3v) is 5.11. The molecule has 0 aliphatic carbocycles. The van der Waals surface area contributed by atoms with Crippen molar-refractivity contribution in [3.63, 3.8) is 0 Å². The first kappa shape index (κ1) is 36.1. The summed E-state index contributed by atoms with van der Waals surface area (Å²) in [5, 5.41) is 3.32. The molecule has 0 aromatic heterocycles. The summed E-state index contributed by atoms with van der Waals surface area (Å²) >= 11 is 0. The van der Waals surface area contributed by atoms with Gasteiger partial charge in [0.05, 0.1) is 112 Å². The van der Waals surface area contributed by atoms with Crippen molar-refractivity contribution in [2.24, 2.45) is 0 Å². The van der Waals surface area contributed by atoms with Crippen LogP contribution in [0.5, 0.6) is 0 Å². The van der Waals surface area contributed by atoms with Gasteiger partial charge in [-0.3, -0.25) is 0 Å². The van der Waals surface area contributed by atoms with Gasteiger partial charge < -0.3 is 52.7 Å². The zero-order chi connectivity index (χ0) is 28.3. The quantitative estimate of drug-likeness (QED) is 0.113. The number of hydrogen-bond acceptors (Lipinski definition) is 12. The van der Waals surface area contributed by atoms with E-state index in [9.17, 15) is 4.79 Å². The molecule has 1 fully saturated rings. The Labute approximate surface area is 234 Å². The van der Waals surface area contributed by atoms with E-state index < -0.39 is 5.60 Å². The maximum absolute atomic E-state index is 11.5. The molecule has 12 nitrogen and oxygen atoms in total. The molecule has 0 aromatic carbocycles. The van der Waals surface area contributed by atoms with E-state index in [0.29, 0.717) is 112 Å². The lowest BCUT2D eigenvalue weighted by molar-refractivity contribution is -0.160. The molecule has 1 aliphatic heterocycles. The average Bonchev–Trinajstić information content (AvgIpc) is 2.90. The Kier molecular flexibility index (Phi) is 24.1. The number of rotatable bonds is 27. The van der Waals surface area contributed by atoms with E-state index in [1.54, 1.807) is 0 Å². The van der Waals surface area contributed by atoms with Crippen molar-refractivity contribution in [2.45, 2.75) is 45.3 Å². The van der Waals surface area contributed by atoms with Crippen molar-refractivity contribution in [3.05, 3.63) is 0 Å². The summed E-state index contributed by atoms with van der Waals surface area (Å²) in [4.78, 5) is 11.5. The summed E-state index contributed by atoms with van der Waals surface area (Å²) in [5.41, 5.74) is -0.504. The zero-order valence-electron chi connectivity index (χ0n) is 24.4. The number of ether oxygens (including phenoxy) is 10. The van der Waals surface area contributed by atoms with Gasteiger partial charge in [0.25, 0.3) is 0 Å². The number of hydrogen-bond donors (Lipinski definition) is 1. The minimum atomic E-state index is -0.504. The van der Waals surface area contributed by atoms with Crippen LogP contribution in [-0.4, -0.2) is 143 Å². The predicted octanol–water partition coefficient (Wildman–Crippen LogP) is 1.23. The van der Waals surface area contributed by atoms with Gasteiger partial charge >= 0.3 is 5.97 Å². The smallest absolute Gasteiger partial charge is 0.332 e. The molecule has 1 N–H and O–H groups in total. The summed E-state index contributed by atoms with van der Waals surface area (Å²) in [7, 11) is 0. The fraction of sp³-hybridized carbons (Fsp3) is 0.963. The van der Waals surface area contributed by atoms with Gasteiger partial charge in [-0.05, 0) is 46.7 Å². The van der Waals surface area contributed by atoms with Gasteiger partial charge in [0.1, 0.15) is 12.2 Å². The van der Waals surface area contributed by atoms with Crippen molar-refractivity contribution >= 4 is 5.97 Å². The highest BCUT2D eigenvalue weighted by Gasteiger charge is 2.16. The number of piperidine rings is 1. The van der Waals surface area contributed by atoms with E-state index in [4.69, 9.17) is 47.4 Å². The van der Waals surface area contributed by atoms with E-state index >= 15 is 0 Å². The number of carbonyl (C=O) groups is 1. The van der Waals surface area contributed by atoms with E-state index in [-0.39, 0.29) is 12.6 Å². The molecule has 1 saturated heterocycles. The van der Waals surface area contributed by atoms with E-state index in [1.165, 1.54) is 0 Å². The molecule has 0 spiro atoms. The van der Waals surface area contributed by atoms with Gasteiger partial charge in [0.15, 0.2) is 0 Å². The molecule has 0 radical (unpaired) electrons. The van der Waals surface area contributed by atoms with Crippen LogP contribution in [0.2, 0.25) is 0 Å². The molecule has 232 valence electrons. The maximum Gasteiger partial charge on any atom is 0.332 e. The van der Waals surface area contributed by atoms with Crippen molar-refractivity contribution in [1.29, 1.82) is 0 Å². The molecule has 0 atom stereocenters. The molecular weight excluding hydrogens is 514 g/mol. The highest BCUT2D eigenvalue weighted by molar-refractivity contribution is 5.71. The van der Waals surface area contributed by atoms with Crippen LogP contribution in [0.4, 0.5) is 0 Å². The Morgan fingerprint density at radius 2 is 0.897 bits per heavy atom. The minimum Gasteiger partial charge on any atom is -0.458 e. The Morgan fingerprint density at radius 1 is 0.564 bits per heavy atom. The fourth-order valence-electron chi connectivity index (χ4n) is 3.30. The van der Waals surface area contributed by atoms with Crippen LogP contribution >= 0.6 is 0 Å². The van der Waals surface area contributed by atoms with Crippen LogP contribution in [0.15, 0.2) is 0 Å². The molecule has 0 amide bonds. The van der Waals surface area contributed by atoms with E-state index in [0.717, 1.165) is 25.9 Å². The molecule has 1 heterocycles. The summed E-state index contributed by atoms with van der Waals surface area (Å²) in [6, 6.07) is 0. The van der Waals surface area contributed by atoms with Crippen molar-refractivity contribution in [3.8, 4) is 0 Å². The van der Waals surface area contributed by atoms with Gasteiger partial charge in [-0.15, -0.1) is 0 Å². The molecular formula is C27H53NO11. The van der Waals surface area contributed by atoms with Crippen molar-refractivity contribution in [1.82, 2.24) is 5.32 Å². The predicted molar refractivity (Wildman–Crippen MR) is 144 cm³/mol. The highest BCUT2D eigenvalue weighted by atomic mass is 16.6. The molecule has 0 saturated carbocycles. The second-order valence-electron chi connectivity index (χ2n) is 9.75. The largest absolute Gasteiger partial charge is 0.458 e. The van der Waals surface area contributed by atoms with Gasteiger partial charge in [0, 0.05) is 0 Å². The molecule has 0 aromatic rings. The maximum atomic E-state index is 11.5. The Balaban J connectivity index is 1.65. The van der Waals surface area contributed by atoms with Gasteiger partial charge in [-0.25, -0.2) is 4.79 Å². The molecule has 39 heavy (non-hydrogen) atoms. The Hall–Kier alpha value is -0.930. The topological polar surface area (TPSA) is 121 Å². The molecule has 12 heteroatoms. The summed E-state index contributed by atoms with van der Waals surface area (Å²) in [6.07, 6.45) is 2.53. The van der Waals surface area contributed by atoms with Crippen LogP contribution in [0.3, 0.4) is 0 Å². The van der Waals surface area contributed by atoms with Crippen LogP contribution < -0.4 is 5.32 Å². The molecule has 0 bridgehead atoms. The van der Waals surface area contributed by atoms with Crippen LogP contribution in [0.1, 0.15) is 33.6 Å². The molecule has 1 aliphatic rings. The van der Waals surface area contributed by atoms with Crippen molar-refractivity contribution < 1.29 is 52.2 Å². The lowest BCUT2D eigenvalue weighted by Crippen LogP contribution is -2.33. The lowest BCUT2D eigenvalue weighted by Gasteiger charge is -2.22. The lowest BCUT2D eigenvalue weighted by atomic mass is 10.1. The van der Waals surface area contributed by atoms with Crippen LogP contribution in [0.25, 0.3) is 0 Å². The third-order valence-electron chi connectivity index (χ3n) is 5.11. The fourth-order valence-corrected chi connectivity index (χ4v) is 3.30. The second-order valence-corrected chi connectivity index (χ2v) is 9.75.